The lowest BCUT2D eigenvalue weighted by Crippen LogP contribution is -2.01. The van der Waals surface area contributed by atoms with Gasteiger partial charge in [-0.2, -0.15) is 0 Å². The summed E-state index contributed by atoms with van der Waals surface area (Å²) in [5.74, 6) is 0. The molecule has 0 saturated heterocycles. The summed E-state index contributed by atoms with van der Waals surface area (Å²) in [5.41, 5.74) is 6.57. The van der Waals surface area contributed by atoms with Crippen molar-refractivity contribution in [1.82, 2.24) is 4.57 Å². The highest BCUT2D eigenvalue weighted by atomic mass is 15.0. The number of hydrogen-bond donors (Lipinski definition) is 0. The summed E-state index contributed by atoms with van der Waals surface area (Å²) in [5, 5.41) is 0. The maximum absolute atomic E-state index is 2.44. The van der Waals surface area contributed by atoms with E-state index in [1.165, 1.54) is 28.1 Å². The molecule has 0 fully saturated rings. The van der Waals surface area contributed by atoms with Crippen LogP contribution in [-0.2, 0) is 6.54 Å². The van der Waals surface area contributed by atoms with Crippen LogP contribution in [0.15, 0.2) is 66.7 Å². The zero-order chi connectivity index (χ0) is 14.7. The fourth-order valence-electron chi connectivity index (χ4n) is 2.93. The molecule has 0 radical (unpaired) electrons. The first-order valence-electron chi connectivity index (χ1n) is 7.62. The molecule has 0 bridgehead atoms. The Hall–Kier alpha value is -2.28. The molecule has 3 rings (SSSR count). The van der Waals surface area contributed by atoms with Gasteiger partial charge in [0.05, 0.1) is 5.69 Å². The maximum atomic E-state index is 2.44. The molecule has 0 saturated carbocycles. The van der Waals surface area contributed by atoms with Crippen LogP contribution in [0.5, 0.6) is 0 Å². The Kier molecular flexibility index (Phi) is 3.92. The second-order valence-corrected chi connectivity index (χ2v) is 5.43. The molecule has 1 nitrogen and oxygen atoms in total. The van der Waals surface area contributed by atoms with Gasteiger partial charge in [0.25, 0.3) is 0 Å². The van der Waals surface area contributed by atoms with Crippen molar-refractivity contribution in [3.63, 3.8) is 0 Å². The molecule has 1 aromatic heterocycles. The van der Waals surface area contributed by atoms with Crippen molar-refractivity contribution in [2.45, 2.75) is 26.8 Å². The van der Waals surface area contributed by atoms with E-state index in [4.69, 9.17) is 0 Å². The molecule has 1 heterocycles. The highest BCUT2D eigenvalue weighted by Crippen LogP contribution is 2.35. The Morgan fingerprint density at radius 3 is 1.95 bits per heavy atom. The van der Waals surface area contributed by atoms with Crippen molar-refractivity contribution in [2.24, 2.45) is 0 Å². The Balaban J connectivity index is 2.23. The summed E-state index contributed by atoms with van der Waals surface area (Å²) >= 11 is 0. The maximum Gasteiger partial charge on any atom is 0.0562 e. The van der Waals surface area contributed by atoms with Gasteiger partial charge < -0.3 is 4.57 Å². The lowest BCUT2D eigenvalue weighted by Gasteiger charge is -2.13. The first-order valence-corrected chi connectivity index (χ1v) is 7.62. The van der Waals surface area contributed by atoms with Crippen LogP contribution in [0.2, 0.25) is 0 Å². The van der Waals surface area contributed by atoms with E-state index in [0.717, 1.165) is 13.0 Å². The summed E-state index contributed by atoms with van der Waals surface area (Å²) in [7, 11) is 0. The molecule has 0 spiro atoms. The Morgan fingerprint density at radius 1 is 0.810 bits per heavy atom. The van der Waals surface area contributed by atoms with E-state index in [0.29, 0.717) is 0 Å². The predicted octanol–water partition coefficient (Wildman–Crippen LogP) is 5.54. The quantitative estimate of drug-likeness (QED) is 0.589. The van der Waals surface area contributed by atoms with Gasteiger partial charge in [-0.1, -0.05) is 67.6 Å². The largest absolute Gasteiger partial charge is 0.344 e. The number of benzene rings is 2. The standard InChI is InChI=1S/C20H21N/c1-3-14-21-16(2)15-19(17-10-6-4-7-11-17)20(21)18-12-8-5-9-13-18/h4-13,15H,3,14H2,1-2H3. The zero-order valence-electron chi connectivity index (χ0n) is 12.7. The number of aryl methyl sites for hydroxylation is 1. The highest BCUT2D eigenvalue weighted by molar-refractivity contribution is 5.82. The average molecular weight is 275 g/mol. The number of hydrogen-bond acceptors (Lipinski definition) is 0. The molecule has 21 heavy (non-hydrogen) atoms. The van der Waals surface area contributed by atoms with Crippen LogP contribution >= 0.6 is 0 Å². The van der Waals surface area contributed by atoms with E-state index in [-0.39, 0.29) is 0 Å². The first kappa shape index (κ1) is 13.7. The number of aromatic nitrogens is 1. The van der Waals surface area contributed by atoms with Gasteiger partial charge in [-0.25, -0.2) is 0 Å². The van der Waals surface area contributed by atoms with Gasteiger partial charge in [-0.3, -0.25) is 0 Å². The smallest absolute Gasteiger partial charge is 0.0562 e. The van der Waals surface area contributed by atoms with Crippen molar-refractivity contribution < 1.29 is 0 Å². The normalized spacial score (nSPS) is 10.8. The minimum Gasteiger partial charge on any atom is -0.344 e. The van der Waals surface area contributed by atoms with Crippen LogP contribution in [0.4, 0.5) is 0 Å². The van der Waals surface area contributed by atoms with Gasteiger partial charge >= 0.3 is 0 Å². The summed E-state index contributed by atoms with van der Waals surface area (Å²) in [6.07, 6.45) is 1.14. The Morgan fingerprint density at radius 2 is 1.38 bits per heavy atom. The van der Waals surface area contributed by atoms with E-state index in [9.17, 15) is 0 Å². The van der Waals surface area contributed by atoms with Crippen molar-refractivity contribution in [3.05, 3.63) is 72.4 Å². The van der Waals surface area contributed by atoms with Crippen LogP contribution in [0.3, 0.4) is 0 Å². The van der Waals surface area contributed by atoms with Crippen molar-refractivity contribution in [3.8, 4) is 22.4 Å². The molecule has 0 atom stereocenters. The second-order valence-electron chi connectivity index (χ2n) is 5.43. The van der Waals surface area contributed by atoms with Crippen LogP contribution in [-0.4, -0.2) is 4.57 Å². The number of nitrogens with zero attached hydrogens (tertiary/aromatic N) is 1. The molecule has 0 aliphatic heterocycles. The van der Waals surface area contributed by atoms with Gasteiger partial charge in [0, 0.05) is 17.8 Å². The van der Waals surface area contributed by atoms with Gasteiger partial charge in [0.15, 0.2) is 0 Å². The lowest BCUT2D eigenvalue weighted by molar-refractivity contribution is 0.672. The average Bonchev–Trinajstić information content (AvgIpc) is 2.86. The lowest BCUT2D eigenvalue weighted by atomic mass is 10.0. The highest BCUT2D eigenvalue weighted by Gasteiger charge is 2.15. The molecule has 0 aliphatic rings. The monoisotopic (exact) mass is 275 g/mol. The van der Waals surface area contributed by atoms with E-state index in [1.54, 1.807) is 0 Å². The molecule has 106 valence electrons. The molecular weight excluding hydrogens is 254 g/mol. The van der Waals surface area contributed by atoms with E-state index in [1.807, 2.05) is 0 Å². The van der Waals surface area contributed by atoms with Crippen molar-refractivity contribution >= 4 is 0 Å². The summed E-state index contributed by atoms with van der Waals surface area (Å²) in [6.45, 7) is 5.49. The molecular formula is C20H21N. The second kappa shape index (κ2) is 6.01. The third-order valence-electron chi connectivity index (χ3n) is 3.88. The molecule has 0 N–H and O–H groups in total. The third-order valence-corrected chi connectivity index (χ3v) is 3.88. The zero-order valence-corrected chi connectivity index (χ0v) is 12.7. The summed E-state index contributed by atoms with van der Waals surface area (Å²) < 4.78 is 2.44. The molecule has 0 unspecified atom stereocenters. The van der Waals surface area contributed by atoms with Gasteiger partial charge in [0.2, 0.25) is 0 Å². The summed E-state index contributed by atoms with van der Waals surface area (Å²) in [6, 6.07) is 23.7. The predicted molar refractivity (Wildman–Crippen MR) is 90.3 cm³/mol. The van der Waals surface area contributed by atoms with Crippen molar-refractivity contribution in [1.29, 1.82) is 0 Å². The minimum atomic E-state index is 1.06. The van der Waals surface area contributed by atoms with Gasteiger partial charge in [0.1, 0.15) is 0 Å². The first-order chi connectivity index (χ1) is 10.3. The van der Waals surface area contributed by atoms with E-state index in [2.05, 4.69) is 85.1 Å². The van der Waals surface area contributed by atoms with Crippen LogP contribution in [0.25, 0.3) is 22.4 Å². The number of rotatable bonds is 4. The van der Waals surface area contributed by atoms with Crippen LogP contribution < -0.4 is 0 Å². The molecule has 3 aromatic rings. The summed E-state index contributed by atoms with van der Waals surface area (Å²) in [4.78, 5) is 0. The molecule has 0 aliphatic carbocycles. The topological polar surface area (TPSA) is 4.93 Å². The Labute approximate surface area is 126 Å². The van der Waals surface area contributed by atoms with E-state index < -0.39 is 0 Å². The molecule has 1 heteroatoms. The SMILES string of the molecule is CCCn1c(C)cc(-c2ccccc2)c1-c1ccccc1. The molecule has 0 amide bonds. The molecule has 2 aromatic carbocycles. The fourth-order valence-corrected chi connectivity index (χ4v) is 2.93. The van der Waals surface area contributed by atoms with Gasteiger partial charge in [-0.15, -0.1) is 0 Å². The van der Waals surface area contributed by atoms with Gasteiger partial charge in [-0.05, 0) is 30.5 Å². The fraction of sp³-hybridized carbons (Fsp3) is 0.200. The van der Waals surface area contributed by atoms with E-state index >= 15 is 0 Å². The minimum absolute atomic E-state index is 1.06. The van der Waals surface area contributed by atoms with Crippen molar-refractivity contribution in [2.75, 3.05) is 0 Å². The van der Waals surface area contributed by atoms with Crippen LogP contribution in [0.1, 0.15) is 19.0 Å². The Bertz CT molecular complexity index is 708. The third kappa shape index (κ3) is 2.64. The van der Waals surface area contributed by atoms with Crippen LogP contribution in [0, 0.1) is 6.92 Å².